The third kappa shape index (κ3) is 4.81. The molecule has 0 saturated carbocycles. The number of carbonyl (C=O) groups is 3. The van der Waals surface area contributed by atoms with Gasteiger partial charge in [0, 0.05) is 39.3 Å². The highest BCUT2D eigenvalue weighted by atomic mass is 16.2. The van der Waals surface area contributed by atoms with Crippen molar-refractivity contribution in [3.63, 3.8) is 0 Å². The van der Waals surface area contributed by atoms with E-state index in [9.17, 15) is 14.4 Å². The lowest BCUT2D eigenvalue weighted by molar-refractivity contribution is -0.144. The molecule has 3 heterocycles. The van der Waals surface area contributed by atoms with E-state index in [1.807, 2.05) is 78.4 Å². The highest BCUT2D eigenvalue weighted by Crippen LogP contribution is 2.32. The van der Waals surface area contributed by atoms with Crippen molar-refractivity contribution in [3.05, 3.63) is 65.7 Å². The van der Waals surface area contributed by atoms with Crippen LogP contribution in [0.4, 0.5) is 5.69 Å². The van der Waals surface area contributed by atoms with Crippen LogP contribution >= 0.6 is 0 Å². The Bertz CT molecular complexity index is 1100. The number of likely N-dealkylation sites (tertiary alicyclic amines) is 1. The third-order valence-corrected chi connectivity index (χ3v) is 7.41. The van der Waals surface area contributed by atoms with Crippen LogP contribution in [-0.2, 0) is 20.8 Å². The number of piperidine rings is 1. The molecule has 3 atom stereocenters. The first-order valence-electron chi connectivity index (χ1n) is 12.4. The lowest BCUT2D eigenvalue weighted by atomic mass is 9.84. The van der Waals surface area contributed by atoms with Crippen molar-refractivity contribution in [2.45, 2.75) is 19.4 Å². The van der Waals surface area contributed by atoms with Gasteiger partial charge >= 0.3 is 0 Å². The van der Waals surface area contributed by atoms with Crippen LogP contribution in [0.1, 0.15) is 11.1 Å². The van der Waals surface area contributed by atoms with Gasteiger partial charge in [0.05, 0.1) is 30.0 Å². The van der Waals surface area contributed by atoms with Gasteiger partial charge in [0.25, 0.3) is 0 Å². The normalized spacial score (nSPS) is 25.0. The maximum absolute atomic E-state index is 13.6. The minimum Gasteiger partial charge on any atom is -0.339 e. The number of para-hydroxylation sites is 1. The van der Waals surface area contributed by atoms with Gasteiger partial charge in [-0.1, -0.05) is 48.0 Å². The summed E-state index contributed by atoms with van der Waals surface area (Å²) in [6, 6.07) is 17.3. The first kappa shape index (κ1) is 23.5. The number of hydrogen-bond acceptors (Lipinski definition) is 5. The van der Waals surface area contributed by atoms with Crippen molar-refractivity contribution in [2.75, 3.05) is 51.3 Å². The topological polar surface area (TPSA) is 76.2 Å². The molecule has 3 amide bonds. The fourth-order valence-corrected chi connectivity index (χ4v) is 5.57. The van der Waals surface area contributed by atoms with Gasteiger partial charge in [0.1, 0.15) is 0 Å². The van der Waals surface area contributed by atoms with E-state index in [0.717, 1.165) is 16.8 Å². The number of hydrogen-bond donors (Lipinski definition) is 1. The van der Waals surface area contributed by atoms with E-state index in [0.29, 0.717) is 45.7 Å². The van der Waals surface area contributed by atoms with Gasteiger partial charge in [-0.05, 0) is 31.7 Å². The van der Waals surface area contributed by atoms with Gasteiger partial charge in [-0.25, -0.2) is 10.4 Å². The van der Waals surface area contributed by atoms with Gasteiger partial charge in [-0.2, -0.15) is 0 Å². The van der Waals surface area contributed by atoms with Crippen LogP contribution in [0.3, 0.4) is 0 Å². The maximum Gasteiger partial charge on any atom is 0.247 e. The standard InChI is InChI=1S/C27H33N5O3/c1-19-7-6-8-20(15-19)16-24(33)30-11-13-31(14-12-30)26(34)22-17-29(2)18-23-25(22)28-32(27(23)35)21-9-4-3-5-10-21/h3-10,15,22-23,25,28H,11-14,16-18H2,1-2H3. The summed E-state index contributed by atoms with van der Waals surface area (Å²) in [4.78, 5) is 45.4. The molecule has 35 heavy (non-hydrogen) atoms. The number of fused-ring (bicyclic) bond motifs is 1. The number of hydrazine groups is 1. The lowest BCUT2D eigenvalue weighted by Gasteiger charge is -2.41. The van der Waals surface area contributed by atoms with Crippen LogP contribution in [0.25, 0.3) is 0 Å². The minimum atomic E-state index is -0.314. The summed E-state index contributed by atoms with van der Waals surface area (Å²) in [5.41, 5.74) is 6.31. The van der Waals surface area contributed by atoms with Crippen molar-refractivity contribution in [3.8, 4) is 0 Å². The summed E-state index contributed by atoms with van der Waals surface area (Å²) < 4.78 is 0. The molecule has 8 nitrogen and oxygen atoms in total. The van der Waals surface area contributed by atoms with Crippen LogP contribution in [0.2, 0.25) is 0 Å². The highest BCUT2D eigenvalue weighted by molar-refractivity contribution is 5.98. The van der Waals surface area contributed by atoms with E-state index < -0.39 is 0 Å². The summed E-state index contributed by atoms with van der Waals surface area (Å²) in [5, 5.41) is 1.61. The first-order chi connectivity index (χ1) is 16.9. The summed E-state index contributed by atoms with van der Waals surface area (Å²) in [6.07, 6.45) is 0.383. The molecule has 3 aliphatic rings. The molecule has 184 valence electrons. The second-order valence-corrected chi connectivity index (χ2v) is 9.97. The molecular formula is C27H33N5O3. The summed E-state index contributed by atoms with van der Waals surface area (Å²) in [7, 11) is 1.97. The molecule has 1 N–H and O–H groups in total. The van der Waals surface area contributed by atoms with Crippen LogP contribution in [0.5, 0.6) is 0 Å². The smallest absolute Gasteiger partial charge is 0.247 e. The molecule has 3 fully saturated rings. The van der Waals surface area contributed by atoms with Gasteiger partial charge in [0.2, 0.25) is 17.7 Å². The molecular weight excluding hydrogens is 442 g/mol. The monoisotopic (exact) mass is 475 g/mol. The van der Waals surface area contributed by atoms with E-state index in [1.165, 1.54) is 0 Å². The molecule has 3 aliphatic heterocycles. The number of carbonyl (C=O) groups excluding carboxylic acids is 3. The fraction of sp³-hybridized carbons (Fsp3) is 0.444. The Morgan fingerprint density at radius 3 is 2.37 bits per heavy atom. The zero-order valence-electron chi connectivity index (χ0n) is 20.4. The highest BCUT2D eigenvalue weighted by Gasteiger charge is 2.51. The second-order valence-electron chi connectivity index (χ2n) is 9.97. The number of anilines is 1. The van der Waals surface area contributed by atoms with Gasteiger partial charge in [0.15, 0.2) is 0 Å². The Hall–Kier alpha value is -3.23. The van der Waals surface area contributed by atoms with Gasteiger partial charge < -0.3 is 14.7 Å². The molecule has 0 spiro atoms. The number of aryl methyl sites for hydroxylation is 1. The number of nitrogens with zero attached hydrogens (tertiary/aromatic N) is 4. The van der Waals surface area contributed by atoms with E-state index in [4.69, 9.17) is 0 Å². The summed E-state index contributed by atoms with van der Waals surface area (Å²) >= 11 is 0. The zero-order chi connectivity index (χ0) is 24.5. The Labute approximate surface area is 206 Å². The van der Waals surface area contributed by atoms with Crippen LogP contribution in [0.15, 0.2) is 54.6 Å². The Balaban J connectivity index is 1.22. The van der Waals surface area contributed by atoms with E-state index >= 15 is 0 Å². The molecule has 2 aromatic carbocycles. The van der Waals surface area contributed by atoms with Crippen LogP contribution < -0.4 is 10.4 Å². The molecule has 3 unspecified atom stereocenters. The lowest BCUT2D eigenvalue weighted by Crippen LogP contribution is -2.59. The number of nitrogens with one attached hydrogen (secondary N) is 1. The number of benzene rings is 2. The average molecular weight is 476 g/mol. The molecule has 8 heteroatoms. The summed E-state index contributed by atoms with van der Waals surface area (Å²) in [5.74, 6) is -0.405. The largest absolute Gasteiger partial charge is 0.339 e. The first-order valence-corrected chi connectivity index (χ1v) is 12.4. The average Bonchev–Trinajstić information content (AvgIpc) is 3.20. The zero-order valence-corrected chi connectivity index (χ0v) is 20.4. The fourth-order valence-electron chi connectivity index (χ4n) is 5.57. The second kappa shape index (κ2) is 9.79. The number of amides is 3. The van der Waals surface area contributed by atoms with Crippen LogP contribution in [0, 0.1) is 18.8 Å². The molecule has 0 aromatic heterocycles. The van der Waals surface area contributed by atoms with Crippen molar-refractivity contribution >= 4 is 23.4 Å². The predicted molar refractivity (Wildman–Crippen MR) is 133 cm³/mol. The molecule has 2 aromatic rings. The van der Waals surface area contributed by atoms with E-state index in [2.05, 4.69) is 10.3 Å². The summed E-state index contributed by atoms with van der Waals surface area (Å²) in [6.45, 7) is 5.38. The van der Waals surface area contributed by atoms with Crippen LogP contribution in [-0.4, -0.2) is 84.8 Å². The van der Waals surface area contributed by atoms with Gasteiger partial charge in [-0.15, -0.1) is 0 Å². The van der Waals surface area contributed by atoms with Crippen molar-refractivity contribution in [1.82, 2.24) is 20.1 Å². The van der Waals surface area contributed by atoms with Gasteiger partial charge in [-0.3, -0.25) is 14.4 Å². The minimum absolute atomic E-state index is 0.0112. The number of piperazine rings is 1. The van der Waals surface area contributed by atoms with Crippen molar-refractivity contribution in [1.29, 1.82) is 0 Å². The Kier molecular flexibility index (Phi) is 6.58. The number of rotatable bonds is 4. The Morgan fingerprint density at radius 1 is 0.943 bits per heavy atom. The van der Waals surface area contributed by atoms with E-state index in [1.54, 1.807) is 5.01 Å². The third-order valence-electron chi connectivity index (χ3n) is 7.41. The molecule has 3 saturated heterocycles. The molecule has 0 radical (unpaired) electrons. The maximum atomic E-state index is 13.6. The van der Waals surface area contributed by atoms with Crippen molar-refractivity contribution in [2.24, 2.45) is 11.8 Å². The Morgan fingerprint density at radius 2 is 1.66 bits per heavy atom. The van der Waals surface area contributed by atoms with Crippen molar-refractivity contribution < 1.29 is 14.4 Å². The molecule has 0 bridgehead atoms. The quantitative estimate of drug-likeness (QED) is 0.722. The molecule has 5 rings (SSSR count). The molecule has 0 aliphatic carbocycles. The predicted octanol–water partition coefficient (Wildman–Crippen LogP) is 1.31. The van der Waals surface area contributed by atoms with E-state index in [-0.39, 0.29) is 35.6 Å². The SMILES string of the molecule is Cc1cccc(CC(=O)N2CCN(C(=O)C3CN(C)CC4C(=O)N(c5ccccc5)NC34)CC2)c1.